The summed E-state index contributed by atoms with van der Waals surface area (Å²) in [5.74, 6) is -0.543. The largest absolute Gasteiger partial charge is 0.489 e. The number of aromatic nitrogens is 3. The van der Waals surface area contributed by atoms with Crippen molar-refractivity contribution in [2.75, 3.05) is 61.5 Å². The molecule has 0 bridgehead atoms. The zero-order valence-electron chi connectivity index (χ0n) is 32.3. The standard InChI is InChI=1S/C39H40BrF6N7O7/c1-22-12-31(28(15-27(22)40)49-37(57)50-33-18-47-23(2)17-48-33)60-20-24-19-51(8-10-58-24)34(54)6-4-3-5-7-35(55)53-29-16-32-30(52(9-11-59-32)21-38(41,42)43)13-25(29)26(14-36(53)56)39(44,45)46/h12-18,24H,3-11,19-21H2,1-2H3,(H2,48,49,50,57)/t24-/m0/s1. The summed E-state index contributed by atoms with van der Waals surface area (Å²) in [5.41, 5.74) is -1.41. The first kappa shape index (κ1) is 44.1. The molecule has 4 heterocycles. The zero-order chi connectivity index (χ0) is 43.4. The van der Waals surface area contributed by atoms with Gasteiger partial charge in [-0.05, 0) is 50.5 Å². The first-order valence-corrected chi connectivity index (χ1v) is 19.6. The molecule has 21 heteroatoms. The van der Waals surface area contributed by atoms with Crippen LogP contribution in [0.4, 0.5) is 48.3 Å². The number of alkyl halides is 6. The fourth-order valence-corrected chi connectivity index (χ4v) is 7.14. The predicted octanol–water partition coefficient (Wildman–Crippen LogP) is 7.49. The highest BCUT2D eigenvalue weighted by Crippen LogP contribution is 2.41. The Hall–Kier alpha value is -5.44. The number of benzene rings is 2. The molecule has 0 aliphatic carbocycles. The SMILES string of the molecule is Cc1cnc(NC(=O)Nc2cc(Br)c(C)cc2OC[C@@H]2CN(C(=O)CCCCCC(=O)n3c(=O)cc(C(F)(F)F)c4cc5c(cc43)OCCN5CC(F)(F)F)CCO2)cn1. The van der Waals surface area contributed by atoms with Gasteiger partial charge in [0, 0.05) is 41.4 Å². The minimum Gasteiger partial charge on any atom is -0.489 e. The first-order valence-electron chi connectivity index (χ1n) is 18.8. The molecule has 322 valence electrons. The summed E-state index contributed by atoms with van der Waals surface area (Å²) >= 11 is 3.47. The van der Waals surface area contributed by atoms with Gasteiger partial charge in [-0.2, -0.15) is 26.3 Å². The lowest BCUT2D eigenvalue weighted by atomic mass is 10.0. The van der Waals surface area contributed by atoms with E-state index >= 15 is 0 Å². The lowest BCUT2D eigenvalue weighted by Crippen LogP contribution is -2.47. The van der Waals surface area contributed by atoms with Gasteiger partial charge in [0.1, 0.15) is 37.4 Å². The zero-order valence-corrected chi connectivity index (χ0v) is 33.9. The van der Waals surface area contributed by atoms with Gasteiger partial charge in [0.2, 0.25) is 11.8 Å². The number of pyridine rings is 1. The van der Waals surface area contributed by atoms with Crippen LogP contribution in [0, 0.1) is 13.8 Å². The third kappa shape index (κ3) is 11.0. The Morgan fingerprint density at radius 2 is 1.67 bits per heavy atom. The second kappa shape index (κ2) is 18.4. The Morgan fingerprint density at radius 1 is 0.917 bits per heavy atom. The van der Waals surface area contributed by atoms with E-state index in [1.165, 1.54) is 12.4 Å². The molecule has 2 N–H and O–H groups in total. The van der Waals surface area contributed by atoms with Crippen LogP contribution in [0.25, 0.3) is 10.9 Å². The Labute approximate surface area is 347 Å². The van der Waals surface area contributed by atoms with Gasteiger partial charge in [-0.1, -0.05) is 22.4 Å². The predicted molar refractivity (Wildman–Crippen MR) is 211 cm³/mol. The Bertz CT molecular complexity index is 2310. The van der Waals surface area contributed by atoms with Gasteiger partial charge in [0.05, 0.1) is 60.2 Å². The molecule has 2 aliphatic rings. The third-order valence-electron chi connectivity index (χ3n) is 9.71. The van der Waals surface area contributed by atoms with Crippen molar-refractivity contribution in [2.24, 2.45) is 0 Å². The number of fused-ring (bicyclic) bond motifs is 2. The maximum Gasteiger partial charge on any atom is 0.417 e. The summed E-state index contributed by atoms with van der Waals surface area (Å²) in [5, 5.41) is 4.74. The van der Waals surface area contributed by atoms with Gasteiger partial charge in [0.25, 0.3) is 5.56 Å². The molecule has 3 amide bonds. The normalized spacial score (nSPS) is 15.7. The monoisotopic (exact) mass is 911 g/mol. The maximum atomic E-state index is 14.1. The van der Waals surface area contributed by atoms with E-state index in [1.54, 1.807) is 24.0 Å². The van der Waals surface area contributed by atoms with Crippen molar-refractivity contribution in [3.63, 3.8) is 0 Å². The van der Waals surface area contributed by atoms with Gasteiger partial charge in [-0.25, -0.2) is 14.3 Å². The Kier molecular flexibility index (Phi) is 13.6. The summed E-state index contributed by atoms with van der Waals surface area (Å²) in [4.78, 5) is 62.9. The minimum atomic E-state index is -5.05. The Balaban J connectivity index is 1.02. The quantitative estimate of drug-likeness (QED) is 0.108. The van der Waals surface area contributed by atoms with E-state index in [4.69, 9.17) is 14.2 Å². The van der Waals surface area contributed by atoms with Gasteiger partial charge in [0.15, 0.2) is 5.82 Å². The highest BCUT2D eigenvalue weighted by atomic mass is 79.9. The van der Waals surface area contributed by atoms with Crippen molar-refractivity contribution < 1.29 is 54.9 Å². The van der Waals surface area contributed by atoms with Gasteiger partial charge in [-0.3, -0.25) is 24.7 Å². The van der Waals surface area contributed by atoms with Crippen LogP contribution in [0.5, 0.6) is 11.5 Å². The number of carbonyl (C=O) groups is 3. The number of urea groups is 1. The Morgan fingerprint density at radius 3 is 2.37 bits per heavy atom. The van der Waals surface area contributed by atoms with Crippen molar-refractivity contribution in [1.29, 1.82) is 0 Å². The second-order valence-corrected chi connectivity index (χ2v) is 15.1. The highest BCUT2D eigenvalue weighted by Gasteiger charge is 2.37. The molecule has 1 atom stereocenters. The number of nitrogens with one attached hydrogen (secondary N) is 2. The minimum absolute atomic E-state index is 0.0610. The number of hydrogen-bond acceptors (Lipinski definition) is 10. The maximum absolute atomic E-state index is 14.1. The fraction of sp³-hybridized carbons (Fsp3) is 0.436. The number of nitrogens with zero attached hydrogens (tertiary/aromatic N) is 5. The molecule has 1 fully saturated rings. The van der Waals surface area contributed by atoms with Crippen LogP contribution < -0.4 is 30.6 Å². The molecule has 60 heavy (non-hydrogen) atoms. The molecule has 4 aromatic rings. The molecule has 14 nitrogen and oxygen atoms in total. The molecular weight excluding hydrogens is 872 g/mol. The summed E-state index contributed by atoms with van der Waals surface area (Å²) in [6.45, 7) is 2.65. The second-order valence-electron chi connectivity index (χ2n) is 14.3. The molecule has 1 saturated heterocycles. The van der Waals surface area contributed by atoms with Crippen LogP contribution in [0.3, 0.4) is 0 Å². The van der Waals surface area contributed by atoms with E-state index < -0.39 is 59.0 Å². The number of morpholine rings is 1. The molecule has 2 aromatic heterocycles. The van der Waals surface area contributed by atoms with E-state index in [9.17, 15) is 45.5 Å². The van der Waals surface area contributed by atoms with Crippen molar-refractivity contribution in [3.8, 4) is 11.5 Å². The molecule has 2 aromatic carbocycles. The van der Waals surface area contributed by atoms with Gasteiger partial charge in [-0.15, -0.1) is 0 Å². The van der Waals surface area contributed by atoms with Crippen LogP contribution >= 0.6 is 15.9 Å². The average molecular weight is 913 g/mol. The molecular formula is C39H40BrF6N7O7. The topological polar surface area (TPSA) is 157 Å². The number of amides is 3. The number of carbonyl (C=O) groups excluding carboxylic acids is 3. The number of anilines is 3. The van der Waals surface area contributed by atoms with Crippen molar-refractivity contribution in [2.45, 2.75) is 64.4 Å². The lowest BCUT2D eigenvalue weighted by Gasteiger charge is -2.33. The van der Waals surface area contributed by atoms with E-state index in [1.807, 2.05) is 6.92 Å². The molecule has 2 aliphatic heterocycles. The average Bonchev–Trinajstić information content (AvgIpc) is 3.17. The fourth-order valence-electron chi connectivity index (χ4n) is 6.79. The summed E-state index contributed by atoms with van der Waals surface area (Å²) < 4.78 is 101. The van der Waals surface area contributed by atoms with E-state index in [2.05, 4.69) is 36.5 Å². The van der Waals surface area contributed by atoms with Crippen molar-refractivity contribution >= 4 is 61.9 Å². The van der Waals surface area contributed by atoms with Gasteiger partial charge >= 0.3 is 18.4 Å². The highest BCUT2D eigenvalue weighted by molar-refractivity contribution is 9.10. The molecule has 0 saturated carbocycles. The van der Waals surface area contributed by atoms with E-state index in [0.717, 1.165) is 27.1 Å². The smallest absolute Gasteiger partial charge is 0.417 e. The van der Waals surface area contributed by atoms with Crippen LogP contribution in [-0.2, 0) is 15.7 Å². The number of unbranched alkanes of at least 4 members (excludes halogenated alkanes) is 2. The lowest BCUT2D eigenvalue weighted by molar-refractivity contribution is -0.140. The van der Waals surface area contributed by atoms with Crippen LogP contribution in [0.2, 0.25) is 0 Å². The summed E-state index contributed by atoms with van der Waals surface area (Å²) in [7, 11) is 0. The molecule has 0 radical (unpaired) electrons. The van der Waals surface area contributed by atoms with Gasteiger partial charge < -0.3 is 29.3 Å². The number of aryl methyl sites for hydroxylation is 2. The van der Waals surface area contributed by atoms with Crippen LogP contribution in [0.15, 0.2) is 52.0 Å². The summed E-state index contributed by atoms with van der Waals surface area (Å²) in [6, 6.07) is 5.01. The van der Waals surface area contributed by atoms with Crippen molar-refractivity contribution in [1.82, 2.24) is 19.4 Å². The molecule has 0 unspecified atom stereocenters. The number of halogens is 7. The van der Waals surface area contributed by atoms with E-state index in [-0.39, 0.29) is 81.4 Å². The molecule has 0 spiro atoms. The first-order chi connectivity index (χ1) is 28.4. The third-order valence-corrected chi connectivity index (χ3v) is 10.6. The van der Waals surface area contributed by atoms with Crippen LogP contribution in [0.1, 0.15) is 53.7 Å². The van der Waals surface area contributed by atoms with Crippen LogP contribution in [-0.4, -0.2) is 95.6 Å². The number of rotatable bonds is 12. The number of ether oxygens (including phenoxy) is 3. The van der Waals surface area contributed by atoms with Crippen molar-refractivity contribution in [3.05, 3.63) is 74.4 Å². The summed E-state index contributed by atoms with van der Waals surface area (Å²) in [6.07, 6.45) is -6.43. The number of hydrogen-bond donors (Lipinski definition) is 2. The molecule has 6 rings (SSSR count). The van der Waals surface area contributed by atoms with E-state index in [0.29, 0.717) is 41.1 Å².